The standard InChI is InChI=1S/C15H13ClO2S3/c16-13-6-8-14(9-7-13)21(17,18)15(19-10-11-20-15)12-4-2-1-3-5-12/h1-9H,10-11H2. The summed E-state index contributed by atoms with van der Waals surface area (Å²) < 4.78 is 25.4. The van der Waals surface area contributed by atoms with Crippen molar-refractivity contribution in [3.05, 3.63) is 65.2 Å². The highest BCUT2D eigenvalue weighted by molar-refractivity contribution is 8.32. The van der Waals surface area contributed by atoms with Gasteiger partial charge in [0.15, 0.2) is 3.41 Å². The number of thioether (sulfide) groups is 2. The molecule has 0 saturated carbocycles. The van der Waals surface area contributed by atoms with Crippen molar-refractivity contribution in [2.24, 2.45) is 0 Å². The minimum Gasteiger partial charge on any atom is -0.221 e. The van der Waals surface area contributed by atoms with E-state index >= 15 is 0 Å². The largest absolute Gasteiger partial charge is 0.221 e. The van der Waals surface area contributed by atoms with E-state index in [1.165, 1.54) is 23.5 Å². The first-order chi connectivity index (χ1) is 10.1. The van der Waals surface area contributed by atoms with Gasteiger partial charge in [0, 0.05) is 16.5 Å². The van der Waals surface area contributed by atoms with Crippen molar-refractivity contribution in [2.45, 2.75) is 8.31 Å². The van der Waals surface area contributed by atoms with E-state index in [0.717, 1.165) is 17.1 Å². The maximum Gasteiger partial charge on any atom is 0.207 e. The first-order valence-electron chi connectivity index (χ1n) is 6.40. The molecule has 1 aliphatic rings. The molecule has 2 nitrogen and oxygen atoms in total. The Labute approximate surface area is 138 Å². The summed E-state index contributed by atoms with van der Waals surface area (Å²) in [6, 6.07) is 15.9. The maximum atomic E-state index is 13.2. The molecule has 0 bridgehead atoms. The molecule has 0 atom stereocenters. The molecule has 1 heterocycles. The normalized spacial score (nSPS) is 17.8. The SMILES string of the molecule is O=S(=O)(c1ccc(Cl)cc1)C1(c2ccccc2)SCCS1. The van der Waals surface area contributed by atoms with Crippen LogP contribution in [0.1, 0.15) is 5.56 Å². The van der Waals surface area contributed by atoms with Crippen LogP contribution in [0, 0.1) is 0 Å². The zero-order chi connectivity index (χ0) is 14.9. The maximum absolute atomic E-state index is 13.2. The number of rotatable bonds is 3. The molecule has 2 aromatic carbocycles. The van der Waals surface area contributed by atoms with E-state index in [-0.39, 0.29) is 0 Å². The van der Waals surface area contributed by atoms with E-state index in [4.69, 9.17) is 11.6 Å². The summed E-state index contributed by atoms with van der Waals surface area (Å²) in [4.78, 5) is 0.317. The summed E-state index contributed by atoms with van der Waals surface area (Å²) in [7, 11) is -3.50. The van der Waals surface area contributed by atoms with Gasteiger partial charge in [-0.05, 0) is 29.8 Å². The molecule has 21 heavy (non-hydrogen) atoms. The second-order valence-corrected chi connectivity index (χ2v) is 10.5. The van der Waals surface area contributed by atoms with Crippen molar-refractivity contribution in [3.8, 4) is 0 Å². The molecule has 1 saturated heterocycles. The highest BCUT2D eigenvalue weighted by Crippen LogP contribution is 2.57. The predicted molar refractivity (Wildman–Crippen MR) is 91.7 cm³/mol. The summed E-state index contributed by atoms with van der Waals surface area (Å²) in [5.74, 6) is 1.65. The first-order valence-corrected chi connectivity index (χ1v) is 10.2. The van der Waals surface area contributed by atoms with Gasteiger partial charge in [0.2, 0.25) is 9.84 Å². The zero-order valence-electron chi connectivity index (χ0n) is 11.0. The summed E-state index contributed by atoms with van der Waals surface area (Å²) in [6.45, 7) is 0. The van der Waals surface area contributed by atoms with E-state index in [1.807, 2.05) is 30.3 Å². The minimum atomic E-state index is -3.50. The number of benzene rings is 2. The van der Waals surface area contributed by atoms with Crippen LogP contribution in [-0.2, 0) is 13.2 Å². The highest BCUT2D eigenvalue weighted by Gasteiger charge is 2.50. The highest BCUT2D eigenvalue weighted by atomic mass is 35.5. The zero-order valence-corrected chi connectivity index (χ0v) is 14.2. The predicted octanol–water partition coefficient (Wildman–Crippen LogP) is 4.40. The molecular formula is C15H13ClO2S3. The Morgan fingerprint density at radius 3 is 2.05 bits per heavy atom. The van der Waals surface area contributed by atoms with Crippen LogP contribution in [0.4, 0.5) is 0 Å². The minimum absolute atomic E-state index is 0.317. The second kappa shape index (κ2) is 5.88. The van der Waals surface area contributed by atoms with Gasteiger partial charge in [-0.25, -0.2) is 8.42 Å². The van der Waals surface area contributed by atoms with Crippen LogP contribution in [-0.4, -0.2) is 19.9 Å². The van der Waals surface area contributed by atoms with Gasteiger partial charge in [-0.1, -0.05) is 41.9 Å². The molecule has 0 radical (unpaired) electrons. The Balaban J connectivity index is 2.15. The van der Waals surface area contributed by atoms with E-state index in [9.17, 15) is 8.42 Å². The number of sulfone groups is 1. The van der Waals surface area contributed by atoms with Crippen molar-refractivity contribution in [1.29, 1.82) is 0 Å². The summed E-state index contributed by atoms with van der Waals surface area (Å²) in [6.07, 6.45) is 0. The average molecular weight is 357 g/mol. The molecule has 0 N–H and O–H groups in total. The molecule has 1 fully saturated rings. The fourth-order valence-corrected chi connectivity index (χ4v) is 8.62. The van der Waals surface area contributed by atoms with Crippen LogP contribution in [0.15, 0.2) is 59.5 Å². The number of hydrogen-bond acceptors (Lipinski definition) is 4. The van der Waals surface area contributed by atoms with Crippen molar-refractivity contribution in [2.75, 3.05) is 11.5 Å². The molecule has 0 aromatic heterocycles. The second-order valence-electron chi connectivity index (χ2n) is 4.58. The van der Waals surface area contributed by atoms with Gasteiger partial charge in [-0.3, -0.25) is 0 Å². The summed E-state index contributed by atoms with van der Waals surface area (Å²) in [5.41, 5.74) is 0.826. The quantitative estimate of drug-likeness (QED) is 0.816. The van der Waals surface area contributed by atoms with Crippen LogP contribution in [0.2, 0.25) is 5.02 Å². The van der Waals surface area contributed by atoms with E-state index in [0.29, 0.717) is 9.92 Å². The van der Waals surface area contributed by atoms with Crippen molar-refractivity contribution < 1.29 is 8.42 Å². The molecule has 0 aliphatic carbocycles. The van der Waals surface area contributed by atoms with Gasteiger partial charge in [0.05, 0.1) is 4.90 Å². The van der Waals surface area contributed by atoms with Crippen LogP contribution in [0.25, 0.3) is 0 Å². The third kappa shape index (κ3) is 2.61. The molecule has 2 aromatic rings. The molecule has 3 rings (SSSR count). The number of halogens is 1. The fraction of sp³-hybridized carbons (Fsp3) is 0.200. The molecular weight excluding hydrogens is 344 g/mol. The van der Waals surface area contributed by atoms with Crippen LogP contribution in [0.5, 0.6) is 0 Å². The van der Waals surface area contributed by atoms with Crippen LogP contribution >= 0.6 is 35.1 Å². The summed E-state index contributed by atoms with van der Waals surface area (Å²) in [5, 5.41) is 0.537. The van der Waals surface area contributed by atoms with Gasteiger partial charge < -0.3 is 0 Å². The lowest BCUT2D eigenvalue weighted by Gasteiger charge is -2.27. The molecule has 110 valence electrons. The lowest BCUT2D eigenvalue weighted by Crippen LogP contribution is -2.27. The Hall–Kier alpha value is -0.620. The van der Waals surface area contributed by atoms with E-state index < -0.39 is 13.2 Å². The van der Waals surface area contributed by atoms with Crippen molar-refractivity contribution >= 4 is 45.0 Å². The molecule has 0 amide bonds. The molecule has 6 heteroatoms. The van der Waals surface area contributed by atoms with Gasteiger partial charge in [0.1, 0.15) is 0 Å². The Morgan fingerprint density at radius 2 is 1.48 bits per heavy atom. The van der Waals surface area contributed by atoms with Crippen LogP contribution in [0.3, 0.4) is 0 Å². The van der Waals surface area contributed by atoms with Crippen LogP contribution < -0.4 is 0 Å². The lowest BCUT2D eigenvalue weighted by molar-refractivity contribution is 0.591. The summed E-state index contributed by atoms with van der Waals surface area (Å²) >= 11 is 8.85. The Morgan fingerprint density at radius 1 is 0.905 bits per heavy atom. The van der Waals surface area contributed by atoms with E-state index in [1.54, 1.807) is 24.3 Å². The smallest absolute Gasteiger partial charge is 0.207 e. The Kier molecular flexibility index (Phi) is 4.28. The van der Waals surface area contributed by atoms with Crippen molar-refractivity contribution in [3.63, 3.8) is 0 Å². The van der Waals surface area contributed by atoms with Gasteiger partial charge in [-0.15, -0.1) is 23.5 Å². The molecule has 0 spiro atoms. The third-order valence-electron chi connectivity index (χ3n) is 3.27. The Bertz CT molecular complexity index is 721. The number of hydrogen-bond donors (Lipinski definition) is 0. The monoisotopic (exact) mass is 356 g/mol. The third-order valence-corrected chi connectivity index (χ3v) is 10.4. The lowest BCUT2D eigenvalue weighted by atomic mass is 10.2. The molecule has 1 aliphatic heterocycles. The van der Waals surface area contributed by atoms with Gasteiger partial charge in [-0.2, -0.15) is 0 Å². The van der Waals surface area contributed by atoms with E-state index in [2.05, 4.69) is 0 Å². The average Bonchev–Trinajstić information content (AvgIpc) is 3.00. The molecule has 0 unspecified atom stereocenters. The van der Waals surface area contributed by atoms with Crippen molar-refractivity contribution in [1.82, 2.24) is 0 Å². The topological polar surface area (TPSA) is 34.1 Å². The first kappa shape index (κ1) is 15.3. The van der Waals surface area contributed by atoms with Gasteiger partial charge in [0.25, 0.3) is 0 Å². The van der Waals surface area contributed by atoms with Gasteiger partial charge >= 0.3 is 0 Å². The fourth-order valence-electron chi connectivity index (χ4n) is 2.28.